The van der Waals surface area contributed by atoms with E-state index in [0.717, 1.165) is 44.9 Å². The summed E-state index contributed by atoms with van der Waals surface area (Å²) >= 11 is 0. The van der Waals surface area contributed by atoms with Gasteiger partial charge in [-0.15, -0.1) is 0 Å². The Balaban J connectivity index is 1.65. The molecule has 1 saturated carbocycles. The van der Waals surface area contributed by atoms with E-state index in [1.165, 1.54) is 0 Å². The number of carbonyl (C=O) groups excluding carboxylic acids is 1. The molecule has 0 radical (unpaired) electrons. The number of amides is 1. The second-order valence-electron chi connectivity index (χ2n) is 9.56. The van der Waals surface area contributed by atoms with Gasteiger partial charge in [-0.1, -0.05) is 27.7 Å². The number of hydrogen-bond donors (Lipinski definition) is 1. The van der Waals surface area contributed by atoms with E-state index in [4.69, 9.17) is 4.74 Å². The molecule has 0 aromatic rings. The summed E-state index contributed by atoms with van der Waals surface area (Å²) in [6.07, 6.45) is 1.98. The molecule has 1 aliphatic heterocycles. The molecule has 1 aliphatic carbocycles. The van der Waals surface area contributed by atoms with Crippen LogP contribution in [-0.2, 0) is 4.74 Å². The predicted octanol–water partition coefficient (Wildman–Crippen LogP) is 3.91. The van der Waals surface area contributed by atoms with Crippen molar-refractivity contribution in [2.24, 2.45) is 22.7 Å². The number of likely N-dealkylation sites (tertiary alicyclic amines) is 1. The van der Waals surface area contributed by atoms with Crippen LogP contribution < -0.4 is 5.32 Å². The largest absolute Gasteiger partial charge is 0.444 e. The van der Waals surface area contributed by atoms with Crippen molar-refractivity contribution in [2.75, 3.05) is 26.2 Å². The normalized spacial score (nSPS) is 24.6. The fourth-order valence-corrected chi connectivity index (χ4v) is 3.92. The third-order valence-corrected chi connectivity index (χ3v) is 6.37. The lowest BCUT2D eigenvalue weighted by Crippen LogP contribution is -2.43. The molecule has 4 heteroatoms. The molecule has 1 N–H and O–H groups in total. The first kappa shape index (κ1) is 18.6. The van der Waals surface area contributed by atoms with Crippen LogP contribution in [0.4, 0.5) is 4.79 Å². The van der Waals surface area contributed by atoms with Gasteiger partial charge in [0.2, 0.25) is 0 Å². The molecule has 1 amide bonds. The zero-order chi connectivity index (χ0) is 17.5. The summed E-state index contributed by atoms with van der Waals surface area (Å²) in [6, 6.07) is 0. The Morgan fingerprint density at radius 3 is 2.04 bits per heavy atom. The minimum Gasteiger partial charge on any atom is -0.444 e. The Kier molecular flexibility index (Phi) is 5.06. The molecule has 23 heavy (non-hydrogen) atoms. The van der Waals surface area contributed by atoms with Gasteiger partial charge in [-0.2, -0.15) is 0 Å². The minimum atomic E-state index is -0.403. The second kappa shape index (κ2) is 6.27. The summed E-state index contributed by atoms with van der Waals surface area (Å²) in [4.78, 5) is 13.9. The van der Waals surface area contributed by atoms with Crippen LogP contribution in [0.2, 0.25) is 0 Å². The SMILES string of the molecule is CC(C)(C)OC(=O)N1CCC(CNCC2C(C)(C)C2(C)C)CC1. The van der Waals surface area contributed by atoms with Crippen LogP contribution >= 0.6 is 0 Å². The van der Waals surface area contributed by atoms with Crippen molar-refractivity contribution in [2.45, 2.75) is 66.9 Å². The van der Waals surface area contributed by atoms with Crippen LogP contribution in [0.25, 0.3) is 0 Å². The average Bonchev–Trinajstić information content (AvgIpc) is 2.79. The summed E-state index contributed by atoms with van der Waals surface area (Å²) in [6.45, 7) is 19.1. The third-order valence-electron chi connectivity index (χ3n) is 6.37. The van der Waals surface area contributed by atoms with E-state index in [1.54, 1.807) is 0 Å². The lowest BCUT2D eigenvalue weighted by Gasteiger charge is -2.33. The number of hydrogen-bond acceptors (Lipinski definition) is 3. The Morgan fingerprint density at radius 2 is 1.61 bits per heavy atom. The van der Waals surface area contributed by atoms with Crippen LogP contribution in [0.1, 0.15) is 61.3 Å². The number of piperidine rings is 1. The molecule has 2 aliphatic rings. The van der Waals surface area contributed by atoms with E-state index in [-0.39, 0.29) is 6.09 Å². The Bertz CT molecular complexity index is 415. The van der Waals surface area contributed by atoms with Crippen molar-refractivity contribution >= 4 is 6.09 Å². The maximum atomic E-state index is 12.1. The third kappa shape index (κ3) is 4.20. The molecule has 2 fully saturated rings. The first-order valence-electron chi connectivity index (χ1n) is 9.14. The predicted molar refractivity (Wildman–Crippen MR) is 94.5 cm³/mol. The van der Waals surface area contributed by atoms with Gasteiger partial charge < -0.3 is 15.0 Å². The molecule has 0 atom stereocenters. The summed E-state index contributed by atoms with van der Waals surface area (Å²) in [5.41, 5.74) is 0.513. The van der Waals surface area contributed by atoms with Gasteiger partial charge in [0.15, 0.2) is 0 Å². The van der Waals surface area contributed by atoms with E-state index in [0.29, 0.717) is 16.7 Å². The fraction of sp³-hybridized carbons (Fsp3) is 0.947. The van der Waals surface area contributed by atoms with Gasteiger partial charge in [0.05, 0.1) is 0 Å². The zero-order valence-electron chi connectivity index (χ0n) is 16.2. The van der Waals surface area contributed by atoms with E-state index in [1.807, 2.05) is 25.7 Å². The van der Waals surface area contributed by atoms with Crippen molar-refractivity contribution in [1.82, 2.24) is 10.2 Å². The van der Waals surface area contributed by atoms with Gasteiger partial charge >= 0.3 is 6.09 Å². The molecule has 0 spiro atoms. The Labute approximate surface area is 142 Å². The number of nitrogens with one attached hydrogen (secondary N) is 1. The molecular weight excluding hydrogens is 288 g/mol. The summed E-state index contributed by atoms with van der Waals surface area (Å²) < 4.78 is 5.45. The first-order chi connectivity index (χ1) is 10.4. The molecule has 0 unspecified atom stereocenters. The minimum absolute atomic E-state index is 0.162. The highest BCUT2D eigenvalue weighted by atomic mass is 16.6. The average molecular weight is 325 g/mol. The topological polar surface area (TPSA) is 41.6 Å². The van der Waals surface area contributed by atoms with Gasteiger partial charge in [-0.05, 0) is 69.4 Å². The highest BCUT2D eigenvalue weighted by Gasteiger charge is 2.63. The standard InChI is InChI=1S/C19H36N2O2/c1-17(2,3)23-16(22)21-10-8-14(9-11-21)12-20-13-15-18(4,5)19(15,6)7/h14-15,20H,8-13H2,1-7H3. The van der Waals surface area contributed by atoms with Crippen LogP contribution in [-0.4, -0.2) is 42.8 Å². The van der Waals surface area contributed by atoms with Crippen molar-refractivity contribution in [3.8, 4) is 0 Å². The zero-order valence-corrected chi connectivity index (χ0v) is 16.2. The molecule has 1 heterocycles. The van der Waals surface area contributed by atoms with E-state index < -0.39 is 5.60 Å². The lowest BCUT2D eigenvalue weighted by molar-refractivity contribution is 0.0184. The van der Waals surface area contributed by atoms with Gasteiger partial charge in [0, 0.05) is 13.1 Å². The van der Waals surface area contributed by atoms with Crippen LogP contribution in [0, 0.1) is 22.7 Å². The smallest absolute Gasteiger partial charge is 0.410 e. The van der Waals surface area contributed by atoms with Crippen LogP contribution in [0.15, 0.2) is 0 Å². The molecule has 4 nitrogen and oxygen atoms in total. The van der Waals surface area contributed by atoms with Crippen molar-refractivity contribution < 1.29 is 9.53 Å². The molecule has 1 saturated heterocycles. The van der Waals surface area contributed by atoms with Crippen LogP contribution in [0.3, 0.4) is 0 Å². The number of nitrogens with zero attached hydrogens (tertiary/aromatic N) is 1. The van der Waals surface area contributed by atoms with E-state index >= 15 is 0 Å². The lowest BCUT2D eigenvalue weighted by atomic mass is 9.97. The van der Waals surface area contributed by atoms with Crippen LogP contribution in [0.5, 0.6) is 0 Å². The maximum Gasteiger partial charge on any atom is 0.410 e. The number of rotatable bonds is 4. The van der Waals surface area contributed by atoms with Gasteiger partial charge in [0.25, 0.3) is 0 Å². The second-order valence-corrected chi connectivity index (χ2v) is 9.56. The molecule has 2 rings (SSSR count). The van der Waals surface area contributed by atoms with Crippen molar-refractivity contribution in [3.63, 3.8) is 0 Å². The van der Waals surface area contributed by atoms with Gasteiger partial charge in [0.1, 0.15) is 5.60 Å². The summed E-state index contributed by atoms with van der Waals surface area (Å²) in [5, 5.41) is 3.68. The highest BCUT2D eigenvalue weighted by Crippen LogP contribution is 2.67. The molecular formula is C19H36N2O2. The molecule has 0 aromatic carbocycles. The first-order valence-corrected chi connectivity index (χ1v) is 9.14. The Morgan fingerprint density at radius 1 is 1.09 bits per heavy atom. The molecule has 0 bridgehead atoms. The highest BCUT2D eigenvalue weighted by molar-refractivity contribution is 5.68. The van der Waals surface area contributed by atoms with E-state index in [2.05, 4.69) is 33.0 Å². The molecule has 134 valence electrons. The van der Waals surface area contributed by atoms with Crippen molar-refractivity contribution in [1.29, 1.82) is 0 Å². The fourth-order valence-electron chi connectivity index (χ4n) is 3.92. The Hall–Kier alpha value is -0.770. The van der Waals surface area contributed by atoms with Gasteiger partial charge in [-0.3, -0.25) is 0 Å². The van der Waals surface area contributed by atoms with Gasteiger partial charge in [-0.25, -0.2) is 4.79 Å². The summed E-state index contributed by atoms with van der Waals surface area (Å²) in [7, 11) is 0. The number of carbonyl (C=O) groups is 1. The van der Waals surface area contributed by atoms with E-state index in [9.17, 15) is 4.79 Å². The summed E-state index contributed by atoms with van der Waals surface area (Å²) in [5.74, 6) is 1.45. The number of ether oxygens (including phenoxy) is 1. The van der Waals surface area contributed by atoms with Crippen molar-refractivity contribution in [3.05, 3.63) is 0 Å². The maximum absolute atomic E-state index is 12.1. The molecule has 0 aromatic heterocycles. The quantitative estimate of drug-likeness (QED) is 0.852. The monoisotopic (exact) mass is 324 g/mol.